The second-order valence-electron chi connectivity index (χ2n) is 12.7. The molecule has 0 N–H and O–H groups in total. The topological polar surface area (TPSA) is 95.1 Å². The molecule has 0 radical (unpaired) electrons. The maximum absolute atomic E-state index is 6.28. The van der Waals surface area contributed by atoms with E-state index < -0.39 is 8.07 Å². The van der Waals surface area contributed by atoms with Crippen LogP contribution in [0.25, 0.3) is 16.7 Å². The summed E-state index contributed by atoms with van der Waals surface area (Å²) in [6, 6.07) is 17.5. The summed E-state index contributed by atoms with van der Waals surface area (Å²) in [5.41, 5.74) is 5.03. The van der Waals surface area contributed by atoms with E-state index in [0.717, 1.165) is 77.5 Å². The van der Waals surface area contributed by atoms with Crippen molar-refractivity contribution in [2.24, 2.45) is 0 Å². The monoisotopic (exact) mass is 628 g/mol. The summed E-state index contributed by atoms with van der Waals surface area (Å²) in [6.45, 7) is 14.3. The van der Waals surface area contributed by atoms with E-state index in [-0.39, 0.29) is 0 Å². The minimum atomic E-state index is -1.22. The molecule has 6 rings (SSSR count). The van der Waals surface area contributed by atoms with Gasteiger partial charge in [0, 0.05) is 39.9 Å². The van der Waals surface area contributed by atoms with E-state index in [1.165, 1.54) is 0 Å². The van der Waals surface area contributed by atoms with Gasteiger partial charge in [-0.2, -0.15) is 19.6 Å². The number of morpholine rings is 1. The Hall–Kier alpha value is -4.00. The van der Waals surface area contributed by atoms with E-state index in [1.54, 1.807) is 7.11 Å². The fraction of sp³-hybridized carbons (Fsp3) is 0.455. The summed E-state index contributed by atoms with van der Waals surface area (Å²) >= 11 is 0. The maximum Gasteiger partial charge on any atom is 0.232 e. The molecule has 12 heteroatoms. The van der Waals surface area contributed by atoms with Crippen LogP contribution in [0, 0.1) is 0 Å². The van der Waals surface area contributed by atoms with Gasteiger partial charge in [-0.3, -0.25) is 0 Å². The smallest absolute Gasteiger partial charge is 0.232 e. The number of hydrogen-bond acceptors (Lipinski definition) is 9. The van der Waals surface area contributed by atoms with Crippen molar-refractivity contribution in [3.8, 4) is 5.75 Å². The zero-order chi connectivity index (χ0) is 31.4. The third kappa shape index (κ3) is 7.13. The number of rotatable bonds is 13. The standard InChI is InChI=1S/C33H44N8O3Si/c1-6-26-21-34-41-31(26)36-32(38-15-17-43-18-16-38)37-33(41)39(22-25-11-13-27(42-2)14-12-25)23-30-35-28-9-7-8-10-29(28)40(30)24-44-19-20-45(3,4)5/h7-14,21H,6,15-20,22-24H2,1-5H3. The molecule has 238 valence electrons. The molecule has 3 aromatic heterocycles. The van der Waals surface area contributed by atoms with Crippen LogP contribution >= 0.6 is 0 Å². The lowest BCUT2D eigenvalue weighted by Crippen LogP contribution is -2.38. The number of fused-ring (bicyclic) bond motifs is 2. The Morgan fingerprint density at radius 3 is 2.47 bits per heavy atom. The molecular formula is C33H44N8O3Si. The highest BCUT2D eigenvalue weighted by Gasteiger charge is 2.24. The minimum absolute atomic E-state index is 0.441. The molecule has 0 spiro atoms. The largest absolute Gasteiger partial charge is 0.497 e. The lowest BCUT2D eigenvalue weighted by Gasteiger charge is -2.29. The number of benzene rings is 2. The highest BCUT2D eigenvalue weighted by atomic mass is 28.3. The van der Waals surface area contributed by atoms with Crippen molar-refractivity contribution < 1.29 is 14.2 Å². The summed E-state index contributed by atoms with van der Waals surface area (Å²) in [5, 5.41) is 4.79. The summed E-state index contributed by atoms with van der Waals surface area (Å²) in [6.07, 6.45) is 2.73. The highest BCUT2D eigenvalue weighted by Crippen LogP contribution is 2.26. The quantitative estimate of drug-likeness (QED) is 0.125. The lowest BCUT2D eigenvalue weighted by atomic mass is 10.2. The van der Waals surface area contributed by atoms with Crippen molar-refractivity contribution in [2.75, 3.05) is 49.8 Å². The molecule has 1 fully saturated rings. The van der Waals surface area contributed by atoms with Crippen LogP contribution in [-0.4, -0.2) is 77.2 Å². The number of aryl methyl sites for hydroxylation is 1. The van der Waals surface area contributed by atoms with Gasteiger partial charge in [0.05, 0.1) is 44.1 Å². The molecule has 0 amide bonds. The molecule has 45 heavy (non-hydrogen) atoms. The molecule has 0 atom stereocenters. The predicted octanol–water partition coefficient (Wildman–Crippen LogP) is 5.40. The van der Waals surface area contributed by atoms with Crippen molar-refractivity contribution >= 4 is 36.7 Å². The van der Waals surface area contributed by atoms with Crippen molar-refractivity contribution in [1.82, 2.24) is 29.1 Å². The van der Waals surface area contributed by atoms with Gasteiger partial charge < -0.3 is 28.6 Å². The molecule has 1 aliphatic rings. The SMILES string of the molecule is CCc1cnn2c(N(Cc3ccc(OC)cc3)Cc3nc4ccccc4n3COCC[Si](C)(C)C)nc(N3CCOCC3)nc12. The molecule has 5 aromatic rings. The van der Waals surface area contributed by atoms with Gasteiger partial charge in [0.1, 0.15) is 18.3 Å². The summed E-state index contributed by atoms with van der Waals surface area (Å²) in [4.78, 5) is 19.8. The summed E-state index contributed by atoms with van der Waals surface area (Å²) < 4.78 is 21.4. The Labute approximate surface area is 265 Å². The number of methoxy groups -OCH3 is 1. The molecule has 0 aliphatic carbocycles. The van der Waals surface area contributed by atoms with E-state index >= 15 is 0 Å². The lowest BCUT2D eigenvalue weighted by molar-refractivity contribution is 0.0878. The molecule has 1 saturated heterocycles. The Morgan fingerprint density at radius 2 is 1.73 bits per heavy atom. The van der Waals surface area contributed by atoms with E-state index in [1.807, 2.05) is 28.9 Å². The van der Waals surface area contributed by atoms with Gasteiger partial charge in [0.25, 0.3) is 0 Å². The van der Waals surface area contributed by atoms with Crippen LogP contribution in [0.1, 0.15) is 23.9 Å². The van der Waals surface area contributed by atoms with Gasteiger partial charge in [0.2, 0.25) is 11.9 Å². The van der Waals surface area contributed by atoms with Crippen LogP contribution in [0.15, 0.2) is 54.7 Å². The average molecular weight is 629 g/mol. The zero-order valence-electron chi connectivity index (χ0n) is 27.1. The Balaban J connectivity index is 1.43. The van der Waals surface area contributed by atoms with Gasteiger partial charge >= 0.3 is 0 Å². The molecule has 2 aromatic carbocycles. The number of hydrogen-bond donors (Lipinski definition) is 0. The number of para-hydroxylation sites is 2. The average Bonchev–Trinajstić information content (AvgIpc) is 3.63. The van der Waals surface area contributed by atoms with Crippen molar-refractivity contribution in [3.63, 3.8) is 0 Å². The normalized spacial score (nSPS) is 14.0. The van der Waals surface area contributed by atoms with Crippen LogP contribution in [0.5, 0.6) is 5.75 Å². The first-order chi connectivity index (χ1) is 21.8. The van der Waals surface area contributed by atoms with Crippen LogP contribution in [0.2, 0.25) is 25.7 Å². The zero-order valence-corrected chi connectivity index (χ0v) is 28.1. The summed E-state index contributed by atoms with van der Waals surface area (Å²) in [5.74, 6) is 3.13. The fourth-order valence-corrected chi connectivity index (χ4v) is 6.26. The van der Waals surface area contributed by atoms with Crippen molar-refractivity contribution in [3.05, 3.63) is 71.7 Å². The minimum Gasteiger partial charge on any atom is -0.497 e. The van der Waals surface area contributed by atoms with E-state index in [2.05, 4.69) is 71.3 Å². The molecular weight excluding hydrogens is 585 g/mol. The predicted molar refractivity (Wildman–Crippen MR) is 180 cm³/mol. The third-order valence-corrected chi connectivity index (χ3v) is 9.89. The fourth-order valence-electron chi connectivity index (χ4n) is 5.50. The highest BCUT2D eigenvalue weighted by molar-refractivity contribution is 6.76. The van der Waals surface area contributed by atoms with Crippen LogP contribution in [0.4, 0.5) is 11.9 Å². The van der Waals surface area contributed by atoms with Crippen molar-refractivity contribution in [2.45, 2.75) is 58.9 Å². The van der Waals surface area contributed by atoms with Gasteiger partial charge in [-0.05, 0) is 42.3 Å². The Morgan fingerprint density at radius 1 is 0.956 bits per heavy atom. The number of imidazole rings is 1. The molecule has 11 nitrogen and oxygen atoms in total. The number of anilines is 2. The van der Waals surface area contributed by atoms with Gasteiger partial charge in [0.15, 0.2) is 5.65 Å². The maximum atomic E-state index is 6.28. The first-order valence-corrected chi connectivity index (χ1v) is 19.5. The van der Waals surface area contributed by atoms with Crippen LogP contribution in [0.3, 0.4) is 0 Å². The van der Waals surface area contributed by atoms with Crippen LogP contribution in [-0.2, 0) is 35.7 Å². The summed E-state index contributed by atoms with van der Waals surface area (Å²) in [7, 11) is 0.469. The number of ether oxygens (including phenoxy) is 3. The van der Waals surface area contributed by atoms with E-state index in [4.69, 9.17) is 34.3 Å². The second kappa shape index (κ2) is 13.6. The first kappa shape index (κ1) is 31.0. The second-order valence-corrected chi connectivity index (χ2v) is 18.3. The molecule has 4 heterocycles. The third-order valence-electron chi connectivity index (χ3n) is 8.19. The Kier molecular flexibility index (Phi) is 9.33. The molecule has 1 aliphatic heterocycles. The van der Waals surface area contributed by atoms with Gasteiger partial charge in [-0.15, -0.1) is 0 Å². The van der Waals surface area contributed by atoms with Gasteiger partial charge in [-0.25, -0.2) is 4.98 Å². The molecule has 0 unspecified atom stereocenters. The Bertz CT molecular complexity index is 1720. The number of nitrogens with zero attached hydrogens (tertiary/aromatic N) is 8. The van der Waals surface area contributed by atoms with Crippen LogP contribution < -0.4 is 14.5 Å². The molecule has 0 bridgehead atoms. The van der Waals surface area contributed by atoms with E-state index in [0.29, 0.717) is 39.0 Å². The van der Waals surface area contributed by atoms with Crippen molar-refractivity contribution in [1.29, 1.82) is 0 Å². The number of aromatic nitrogens is 6. The first-order valence-electron chi connectivity index (χ1n) is 15.8. The molecule has 0 saturated carbocycles. The van der Waals surface area contributed by atoms with E-state index in [9.17, 15) is 0 Å². The van der Waals surface area contributed by atoms with Gasteiger partial charge in [-0.1, -0.05) is 50.8 Å².